The molecule has 0 aromatic carbocycles. The average molecular weight is 610 g/mol. The van der Waals surface area contributed by atoms with Gasteiger partial charge in [0.25, 0.3) is 11.8 Å². The monoisotopic (exact) mass is 609 g/mol. The van der Waals surface area contributed by atoms with Crippen LogP contribution in [0.25, 0.3) is 0 Å². The van der Waals surface area contributed by atoms with Gasteiger partial charge in [0.05, 0.1) is 0 Å². The fourth-order valence-electron chi connectivity index (χ4n) is 6.20. The molecule has 236 valence electrons. The van der Waals surface area contributed by atoms with Crippen molar-refractivity contribution in [3.05, 3.63) is 12.2 Å². The Hall–Kier alpha value is -2.67. The summed E-state index contributed by atoms with van der Waals surface area (Å²) in [5.41, 5.74) is -1.96. The number of piperidine rings is 1. The second kappa shape index (κ2) is 12.9. The van der Waals surface area contributed by atoms with Crippen LogP contribution >= 0.6 is 0 Å². The molecule has 1 aliphatic carbocycles. The van der Waals surface area contributed by atoms with Crippen molar-refractivity contribution in [2.24, 2.45) is 5.92 Å². The Balaban J connectivity index is 1.54. The first-order chi connectivity index (χ1) is 19.7. The van der Waals surface area contributed by atoms with Gasteiger partial charge in [-0.15, -0.1) is 0 Å². The number of rotatable bonds is 4. The lowest BCUT2D eigenvalue weighted by Gasteiger charge is -2.33. The van der Waals surface area contributed by atoms with E-state index < -0.39 is 57.2 Å². The third kappa shape index (κ3) is 7.64. The maximum Gasteiger partial charge on any atom is 0.408 e. The molecule has 3 N–H and O–H groups in total. The lowest BCUT2D eigenvalue weighted by atomic mass is 10.1. The van der Waals surface area contributed by atoms with Gasteiger partial charge in [-0.25, -0.2) is 9.52 Å². The number of carbonyl (C=O) groups is 4. The largest absolute Gasteiger partial charge is 0.436 e. The van der Waals surface area contributed by atoms with E-state index in [9.17, 15) is 27.6 Å². The minimum Gasteiger partial charge on any atom is -0.436 e. The van der Waals surface area contributed by atoms with Crippen LogP contribution < -0.4 is 15.4 Å². The van der Waals surface area contributed by atoms with E-state index in [1.165, 1.54) is 9.21 Å². The van der Waals surface area contributed by atoms with Crippen molar-refractivity contribution in [3.63, 3.8) is 0 Å². The summed E-state index contributed by atoms with van der Waals surface area (Å²) < 4.78 is 35.5. The van der Waals surface area contributed by atoms with Crippen LogP contribution in [0, 0.1) is 5.92 Å². The molecule has 0 radical (unpaired) electrons. The molecule has 4 amide bonds. The molecule has 5 atom stereocenters. The summed E-state index contributed by atoms with van der Waals surface area (Å²) in [5.74, 6) is -2.06. The van der Waals surface area contributed by atoms with Crippen LogP contribution in [0.3, 0.4) is 0 Å². The van der Waals surface area contributed by atoms with E-state index in [1.807, 2.05) is 39.8 Å². The highest BCUT2D eigenvalue weighted by Crippen LogP contribution is 2.45. The molecule has 2 saturated heterocycles. The van der Waals surface area contributed by atoms with Crippen molar-refractivity contribution >= 4 is 34.0 Å². The smallest absolute Gasteiger partial charge is 0.408 e. The number of allylic oxidation sites excluding steroid dienone is 1. The normalized spacial score (nSPS) is 31.6. The van der Waals surface area contributed by atoms with Crippen LogP contribution in [0.4, 0.5) is 4.79 Å². The number of nitrogens with zero attached hydrogens (tertiary/aromatic N) is 2. The average Bonchev–Trinajstić information content (AvgIpc) is 3.35. The number of carbonyl (C=O) groups excluding carboxylic acids is 4. The molecule has 4 rings (SSSR count). The van der Waals surface area contributed by atoms with Gasteiger partial charge >= 0.3 is 16.3 Å². The number of amides is 4. The zero-order valence-electron chi connectivity index (χ0n) is 25.3. The topological polar surface area (TPSA) is 154 Å². The summed E-state index contributed by atoms with van der Waals surface area (Å²) >= 11 is 0. The molecule has 12 nitrogen and oxygen atoms in total. The highest BCUT2D eigenvalue weighted by Gasteiger charge is 2.61. The van der Waals surface area contributed by atoms with Crippen LogP contribution in [-0.4, -0.2) is 83.8 Å². The van der Waals surface area contributed by atoms with Gasteiger partial charge in [-0.2, -0.15) is 12.7 Å². The maximum atomic E-state index is 13.7. The maximum absolute atomic E-state index is 13.7. The van der Waals surface area contributed by atoms with Gasteiger partial charge in [0, 0.05) is 30.6 Å². The summed E-state index contributed by atoms with van der Waals surface area (Å²) in [6.45, 7) is 7.93. The van der Waals surface area contributed by atoms with E-state index in [4.69, 9.17) is 4.74 Å². The van der Waals surface area contributed by atoms with Gasteiger partial charge < -0.3 is 20.3 Å². The highest BCUT2D eigenvalue weighted by atomic mass is 32.2. The molecule has 3 fully saturated rings. The fraction of sp³-hybridized carbons (Fsp3) is 0.793. The molecular formula is C29H47N5O7S. The van der Waals surface area contributed by atoms with E-state index in [0.717, 1.165) is 38.5 Å². The van der Waals surface area contributed by atoms with Gasteiger partial charge in [0.2, 0.25) is 5.91 Å². The van der Waals surface area contributed by atoms with Crippen molar-refractivity contribution in [2.75, 3.05) is 13.1 Å². The molecule has 3 heterocycles. The van der Waals surface area contributed by atoms with E-state index in [1.54, 1.807) is 0 Å². The molecule has 4 aliphatic rings. The predicted octanol–water partition coefficient (Wildman–Crippen LogP) is 2.50. The van der Waals surface area contributed by atoms with Gasteiger partial charge in [0.15, 0.2) is 6.10 Å². The third-order valence-corrected chi connectivity index (χ3v) is 10.2. The number of hydrogen-bond acceptors (Lipinski definition) is 7. The second-order valence-electron chi connectivity index (χ2n) is 13.2. The van der Waals surface area contributed by atoms with Gasteiger partial charge in [-0.3, -0.25) is 14.4 Å². The van der Waals surface area contributed by atoms with Crippen LogP contribution in [0.5, 0.6) is 0 Å². The van der Waals surface area contributed by atoms with Gasteiger partial charge in [0.1, 0.15) is 11.6 Å². The molecule has 0 bridgehead atoms. The molecular weight excluding hydrogens is 562 g/mol. The first-order valence-electron chi connectivity index (χ1n) is 15.4. The first-order valence-corrected chi connectivity index (χ1v) is 16.8. The summed E-state index contributed by atoms with van der Waals surface area (Å²) in [6, 6.07) is -1.08. The number of ether oxygens (including phenoxy) is 1. The molecule has 42 heavy (non-hydrogen) atoms. The van der Waals surface area contributed by atoms with Crippen LogP contribution in [0.2, 0.25) is 0 Å². The van der Waals surface area contributed by atoms with Crippen LogP contribution in [0.1, 0.15) is 98.3 Å². The number of hydrogen-bond donors (Lipinski definition) is 3. The molecule has 0 aromatic rings. The molecule has 1 unspecified atom stereocenters. The summed E-state index contributed by atoms with van der Waals surface area (Å²) in [4.78, 5) is 55.0. The SMILES string of the molecule is CC1CCCCN1S(=O)(=O)NC(=O)[C@@]12C[C@H]1C=CCCCCC[C@H](OC(=O)NC(C)(C)C)C(=O)N1CCC[C@H]1C(=O)N2. The Morgan fingerprint density at radius 3 is 2.48 bits per heavy atom. The minimum absolute atomic E-state index is 0.224. The lowest BCUT2D eigenvalue weighted by Crippen LogP contribution is -2.59. The molecule has 3 aliphatic heterocycles. The number of nitrogens with one attached hydrogen (secondary N) is 3. The number of fused-ring (bicyclic) bond motifs is 2. The predicted molar refractivity (Wildman–Crippen MR) is 156 cm³/mol. The minimum atomic E-state index is -4.09. The van der Waals surface area contributed by atoms with E-state index >= 15 is 0 Å². The Morgan fingerprint density at radius 1 is 1.02 bits per heavy atom. The van der Waals surface area contributed by atoms with Gasteiger partial charge in [-0.1, -0.05) is 25.0 Å². The molecule has 0 aromatic heterocycles. The molecule has 13 heteroatoms. The molecule has 0 spiro atoms. The number of alkyl carbamates (subject to hydrolysis) is 1. The lowest BCUT2D eigenvalue weighted by molar-refractivity contribution is -0.146. The van der Waals surface area contributed by atoms with Crippen LogP contribution in [-0.2, 0) is 29.3 Å². The van der Waals surface area contributed by atoms with Crippen molar-refractivity contribution in [1.29, 1.82) is 0 Å². The third-order valence-electron chi connectivity index (χ3n) is 8.58. The fourth-order valence-corrected chi connectivity index (χ4v) is 7.68. The zero-order valence-corrected chi connectivity index (χ0v) is 26.1. The van der Waals surface area contributed by atoms with E-state index in [-0.39, 0.29) is 18.4 Å². The van der Waals surface area contributed by atoms with E-state index in [2.05, 4.69) is 15.4 Å². The van der Waals surface area contributed by atoms with Gasteiger partial charge in [-0.05, 0) is 85.5 Å². The van der Waals surface area contributed by atoms with Crippen molar-refractivity contribution in [2.45, 2.75) is 128 Å². The van der Waals surface area contributed by atoms with Crippen molar-refractivity contribution < 1.29 is 32.3 Å². The van der Waals surface area contributed by atoms with E-state index in [0.29, 0.717) is 38.8 Å². The zero-order chi connectivity index (χ0) is 30.7. The Labute approximate surface area is 249 Å². The Kier molecular flexibility index (Phi) is 9.91. The standard InChI is InChI=1S/C29H47N5O7S/c1-20-13-10-11-18-34(20)42(39,40)32-26(37)29-19-21(29)14-8-6-5-7-9-16-23(41-27(38)31-28(2,3)4)25(36)33-17-12-15-22(33)24(35)30-29/h8,14,20-23H,5-7,9-13,15-19H2,1-4H3,(H,30,35)(H,31,38)(H,32,37)/t20?,21-,22+,23+,29-/m1/s1. The quantitative estimate of drug-likeness (QED) is 0.414. The van der Waals surface area contributed by atoms with Crippen molar-refractivity contribution in [3.8, 4) is 0 Å². The molecule has 1 saturated carbocycles. The Morgan fingerprint density at radius 2 is 1.76 bits per heavy atom. The summed E-state index contributed by atoms with van der Waals surface area (Å²) in [6.07, 6.45) is 9.10. The summed E-state index contributed by atoms with van der Waals surface area (Å²) in [5, 5.41) is 5.58. The Bertz CT molecular complexity index is 1180. The first kappa shape index (κ1) is 32.2. The van der Waals surface area contributed by atoms with Crippen LogP contribution in [0.15, 0.2) is 12.2 Å². The highest BCUT2D eigenvalue weighted by molar-refractivity contribution is 7.87. The second-order valence-corrected chi connectivity index (χ2v) is 14.8. The summed E-state index contributed by atoms with van der Waals surface area (Å²) in [7, 11) is -4.09. The van der Waals surface area contributed by atoms with Crippen molar-refractivity contribution in [1.82, 2.24) is 24.6 Å².